The highest BCUT2D eigenvalue weighted by Crippen LogP contribution is 2.34. The molecule has 0 saturated carbocycles. The van der Waals surface area contributed by atoms with Crippen molar-refractivity contribution in [3.8, 4) is 0 Å². The van der Waals surface area contributed by atoms with Gasteiger partial charge in [0.25, 0.3) is 0 Å². The number of hydrogen-bond donors (Lipinski definition) is 0. The van der Waals surface area contributed by atoms with Crippen molar-refractivity contribution >= 4 is 49.3 Å². The van der Waals surface area contributed by atoms with Gasteiger partial charge in [-0.2, -0.15) is 0 Å². The molecule has 0 atom stereocenters. The Balaban J connectivity index is 2.04. The summed E-state index contributed by atoms with van der Waals surface area (Å²) in [6.45, 7) is 0. The van der Waals surface area contributed by atoms with Crippen LogP contribution < -0.4 is 0 Å². The zero-order valence-corrected chi connectivity index (χ0v) is 13.6. The Morgan fingerprint density at radius 3 is 2.64 bits per heavy atom. The number of rotatable bonds is 0. The molecule has 118 valence electrons. The SMILES string of the molecule is Cn1cnc2cc3c4cccnc4c4cc5ccccc5n4c3cc21. The van der Waals surface area contributed by atoms with Crippen molar-refractivity contribution in [3.63, 3.8) is 0 Å². The Morgan fingerprint density at radius 1 is 0.760 bits per heavy atom. The molecule has 4 aromatic heterocycles. The summed E-state index contributed by atoms with van der Waals surface area (Å²) >= 11 is 0. The van der Waals surface area contributed by atoms with E-state index < -0.39 is 0 Å². The van der Waals surface area contributed by atoms with Gasteiger partial charge in [0.2, 0.25) is 0 Å². The summed E-state index contributed by atoms with van der Waals surface area (Å²) in [5.74, 6) is 0. The maximum absolute atomic E-state index is 4.69. The summed E-state index contributed by atoms with van der Waals surface area (Å²) < 4.78 is 4.40. The van der Waals surface area contributed by atoms with Crippen LogP contribution in [0.1, 0.15) is 0 Å². The van der Waals surface area contributed by atoms with Gasteiger partial charge in [0.15, 0.2) is 0 Å². The Hall–Kier alpha value is -3.40. The number of nitrogens with zero attached hydrogens (tertiary/aromatic N) is 4. The second kappa shape index (κ2) is 4.36. The van der Waals surface area contributed by atoms with Crippen LogP contribution in [0.5, 0.6) is 0 Å². The van der Waals surface area contributed by atoms with Crippen LogP contribution in [-0.4, -0.2) is 18.9 Å². The molecule has 0 saturated heterocycles. The highest BCUT2D eigenvalue weighted by atomic mass is 15.0. The normalized spacial score (nSPS) is 12.2. The van der Waals surface area contributed by atoms with Crippen molar-refractivity contribution in [2.75, 3.05) is 0 Å². The summed E-state index contributed by atoms with van der Waals surface area (Å²) in [6.07, 6.45) is 3.74. The molecule has 6 rings (SSSR count). The fourth-order valence-electron chi connectivity index (χ4n) is 3.98. The van der Waals surface area contributed by atoms with Crippen LogP contribution in [0, 0.1) is 0 Å². The van der Waals surface area contributed by atoms with E-state index in [0.29, 0.717) is 0 Å². The Labute approximate surface area is 142 Å². The number of benzene rings is 2. The van der Waals surface area contributed by atoms with Crippen molar-refractivity contribution in [1.82, 2.24) is 18.9 Å². The third-order valence-electron chi connectivity index (χ3n) is 5.14. The molecule has 0 N–H and O–H groups in total. The van der Waals surface area contributed by atoms with E-state index in [1.807, 2.05) is 25.6 Å². The predicted octanol–water partition coefficient (Wildman–Crippen LogP) is 4.68. The topological polar surface area (TPSA) is 35.1 Å². The molecule has 0 fully saturated rings. The summed E-state index contributed by atoms with van der Waals surface area (Å²) in [5, 5.41) is 3.58. The van der Waals surface area contributed by atoms with E-state index in [9.17, 15) is 0 Å². The number of pyridine rings is 2. The maximum atomic E-state index is 4.69. The second-order valence-corrected chi connectivity index (χ2v) is 6.54. The van der Waals surface area contributed by atoms with Crippen molar-refractivity contribution in [3.05, 3.63) is 67.1 Å². The molecule has 6 aromatic rings. The van der Waals surface area contributed by atoms with Gasteiger partial charge in [0.05, 0.1) is 39.4 Å². The van der Waals surface area contributed by atoms with Crippen molar-refractivity contribution in [1.29, 1.82) is 0 Å². The molecule has 0 spiro atoms. The first-order valence-electron chi connectivity index (χ1n) is 8.33. The monoisotopic (exact) mass is 322 g/mol. The Kier molecular flexibility index (Phi) is 2.26. The minimum absolute atomic E-state index is 1.01. The van der Waals surface area contributed by atoms with Gasteiger partial charge < -0.3 is 8.97 Å². The van der Waals surface area contributed by atoms with Gasteiger partial charge in [0.1, 0.15) is 0 Å². The third-order valence-corrected chi connectivity index (χ3v) is 5.14. The van der Waals surface area contributed by atoms with E-state index in [0.717, 1.165) is 22.1 Å². The van der Waals surface area contributed by atoms with E-state index in [4.69, 9.17) is 4.98 Å². The lowest BCUT2D eigenvalue weighted by Gasteiger charge is -2.10. The van der Waals surface area contributed by atoms with E-state index in [-0.39, 0.29) is 0 Å². The lowest BCUT2D eigenvalue weighted by molar-refractivity contribution is 0.948. The molecule has 25 heavy (non-hydrogen) atoms. The van der Waals surface area contributed by atoms with Crippen LogP contribution in [0.15, 0.2) is 67.1 Å². The highest BCUT2D eigenvalue weighted by Gasteiger charge is 2.14. The summed E-state index contributed by atoms with van der Waals surface area (Å²) in [4.78, 5) is 9.23. The average Bonchev–Trinajstić information content (AvgIpc) is 3.22. The lowest BCUT2D eigenvalue weighted by atomic mass is 10.1. The number of imidazole rings is 1. The number of hydrogen-bond acceptors (Lipinski definition) is 2. The summed E-state index contributed by atoms with van der Waals surface area (Å²) in [7, 11) is 2.04. The van der Waals surface area contributed by atoms with Gasteiger partial charge in [-0.05, 0) is 30.3 Å². The highest BCUT2D eigenvalue weighted by molar-refractivity contribution is 6.16. The minimum Gasteiger partial charge on any atom is -0.334 e. The van der Waals surface area contributed by atoms with Crippen LogP contribution in [-0.2, 0) is 7.05 Å². The van der Waals surface area contributed by atoms with Crippen LogP contribution in [0.2, 0.25) is 0 Å². The maximum Gasteiger partial charge on any atom is 0.0955 e. The van der Waals surface area contributed by atoms with Crippen molar-refractivity contribution < 1.29 is 0 Å². The molecule has 2 aromatic carbocycles. The average molecular weight is 322 g/mol. The first-order valence-corrected chi connectivity index (χ1v) is 8.33. The second-order valence-electron chi connectivity index (χ2n) is 6.54. The molecule has 0 aliphatic heterocycles. The summed E-state index contributed by atoms with van der Waals surface area (Å²) in [6, 6.07) is 19.3. The molecule has 0 radical (unpaired) electrons. The third kappa shape index (κ3) is 1.56. The number of aryl methyl sites for hydroxylation is 1. The van der Waals surface area contributed by atoms with Crippen LogP contribution in [0.25, 0.3) is 49.3 Å². The van der Waals surface area contributed by atoms with E-state index in [1.54, 1.807) is 0 Å². The molecule has 4 heteroatoms. The standard InChI is InChI=1S/C21H14N4/c1-24-12-23-16-10-15-14-6-4-8-22-21(14)20-9-13-5-2-3-7-17(13)25(20)18(15)11-19(16)24/h2-12H,1H3. The fraction of sp³-hybridized carbons (Fsp3) is 0.0476. The Bertz CT molecular complexity index is 1450. The number of para-hydroxylation sites is 1. The molecular weight excluding hydrogens is 308 g/mol. The van der Waals surface area contributed by atoms with Gasteiger partial charge in [0, 0.05) is 29.4 Å². The quantitative estimate of drug-likeness (QED) is 0.381. The predicted molar refractivity (Wildman–Crippen MR) is 102 cm³/mol. The van der Waals surface area contributed by atoms with E-state index in [2.05, 4.69) is 62.5 Å². The first-order chi connectivity index (χ1) is 12.3. The smallest absolute Gasteiger partial charge is 0.0955 e. The minimum atomic E-state index is 1.01. The van der Waals surface area contributed by atoms with E-state index in [1.165, 1.54) is 27.2 Å². The molecule has 0 aliphatic rings. The summed E-state index contributed by atoms with van der Waals surface area (Å²) in [5.41, 5.74) is 6.71. The zero-order valence-electron chi connectivity index (χ0n) is 13.6. The van der Waals surface area contributed by atoms with Crippen molar-refractivity contribution in [2.24, 2.45) is 7.05 Å². The van der Waals surface area contributed by atoms with Crippen molar-refractivity contribution in [2.45, 2.75) is 0 Å². The largest absolute Gasteiger partial charge is 0.334 e. The van der Waals surface area contributed by atoms with E-state index >= 15 is 0 Å². The molecule has 0 unspecified atom stereocenters. The van der Waals surface area contributed by atoms with Crippen LogP contribution in [0.3, 0.4) is 0 Å². The van der Waals surface area contributed by atoms with Crippen LogP contribution in [0.4, 0.5) is 0 Å². The fourth-order valence-corrected chi connectivity index (χ4v) is 3.98. The molecular formula is C21H14N4. The zero-order chi connectivity index (χ0) is 16.5. The van der Waals surface area contributed by atoms with Gasteiger partial charge >= 0.3 is 0 Å². The Morgan fingerprint density at radius 2 is 1.68 bits per heavy atom. The van der Waals surface area contributed by atoms with Gasteiger partial charge in [-0.3, -0.25) is 4.98 Å². The number of aromatic nitrogens is 4. The van der Waals surface area contributed by atoms with Crippen LogP contribution >= 0.6 is 0 Å². The molecule has 4 nitrogen and oxygen atoms in total. The van der Waals surface area contributed by atoms with Gasteiger partial charge in [-0.25, -0.2) is 4.98 Å². The van der Waals surface area contributed by atoms with Gasteiger partial charge in [-0.15, -0.1) is 0 Å². The molecule has 4 heterocycles. The first kappa shape index (κ1) is 13.0. The molecule has 0 bridgehead atoms. The molecule has 0 amide bonds. The molecule has 0 aliphatic carbocycles. The lowest BCUT2D eigenvalue weighted by Crippen LogP contribution is -1.93. The number of fused-ring (bicyclic) bond motifs is 9. The van der Waals surface area contributed by atoms with Gasteiger partial charge in [-0.1, -0.05) is 24.3 Å².